The molecule has 8 heteroatoms. The quantitative estimate of drug-likeness (QED) is 0.892. The summed E-state index contributed by atoms with van der Waals surface area (Å²) >= 11 is 3.24. The van der Waals surface area contributed by atoms with E-state index in [1.54, 1.807) is 18.6 Å². The lowest BCUT2D eigenvalue weighted by atomic mass is 10.2. The van der Waals surface area contributed by atoms with Gasteiger partial charge in [0.15, 0.2) is 5.82 Å². The molecule has 0 amide bonds. The second kappa shape index (κ2) is 4.61. The summed E-state index contributed by atoms with van der Waals surface area (Å²) in [5.41, 5.74) is 0.183. The molecule has 19 heavy (non-hydrogen) atoms. The van der Waals surface area contributed by atoms with Gasteiger partial charge in [-0.25, -0.2) is 9.78 Å². The highest BCUT2D eigenvalue weighted by molar-refractivity contribution is 9.10. The number of nitrogens with zero attached hydrogens (tertiary/aromatic N) is 5. The number of hydrogen-bond donors (Lipinski definition) is 1. The Kier molecular flexibility index (Phi) is 2.94. The van der Waals surface area contributed by atoms with E-state index in [1.165, 1.54) is 0 Å². The van der Waals surface area contributed by atoms with E-state index in [4.69, 9.17) is 0 Å². The average molecular weight is 324 g/mol. The van der Waals surface area contributed by atoms with Crippen molar-refractivity contribution in [2.45, 2.75) is 13.1 Å². The molecule has 0 saturated heterocycles. The second-order valence-corrected chi connectivity index (χ2v) is 5.11. The number of rotatable bonds is 2. The molecule has 0 unspecified atom stereocenters. The number of halogens is 1. The first-order chi connectivity index (χ1) is 9.15. The molecule has 0 atom stereocenters. The van der Waals surface area contributed by atoms with Gasteiger partial charge in [0.2, 0.25) is 0 Å². The molecule has 7 nitrogen and oxygen atoms in total. The molecule has 0 radical (unpaired) electrons. The predicted molar refractivity (Wildman–Crippen MR) is 70.0 cm³/mol. The van der Waals surface area contributed by atoms with Crippen LogP contribution in [0.5, 0.6) is 0 Å². The van der Waals surface area contributed by atoms with Crippen LogP contribution in [0.3, 0.4) is 0 Å². The molecule has 1 N–H and O–H groups in total. The maximum Gasteiger partial charge on any atom is 0.339 e. The Morgan fingerprint density at radius 3 is 3.05 bits per heavy atom. The van der Waals surface area contributed by atoms with Crippen molar-refractivity contribution in [1.29, 1.82) is 0 Å². The lowest BCUT2D eigenvalue weighted by molar-refractivity contribution is 0.0697. The van der Waals surface area contributed by atoms with Crippen LogP contribution in [0.4, 0.5) is 5.82 Å². The van der Waals surface area contributed by atoms with Crippen molar-refractivity contribution in [2.75, 3.05) is 11.4 Å². The number of carbonyl (C=O) groups is 1. The van der Waals surface area contributed by atoms with Crippen LogP contribution in [0.25, 0.3) is 0 Å². The first-order valence-electron chi connectivity index (χ1n) is 5.65. The van der Waals surface area contributed by atoms with Crippen molar-refractivity contribution in [1.82, 2.24) is 19.7 Å². The van der Waals surface area contributed by atoms with Crippen LogP contribution in [0.1, 0.15) is 16.2 Å². The Labute approximate surface area is 117 Å². The smallest absolute Gasteiger partial charge is 0.339 e. The molecule has 2 aromatic rings. The van der Waals surface area contributed by atoms with Crippen LogP contribution < -0.4 is 4.90 Å². The number of anilines is 1. The molecule has 0 spiro atoms. The fraction of sp³-hybridized carbons (Fsp3) is 0.273. The Balaban J connectivity index is 1.98. The van der Waals surface area contributed by atoms with Gasteiger partial charge in [-0.3, -0.25) is 0 Å². The first kappa shape index (κ1) is 12.1. The van der Waals surface area contributed by atoms with Gasteiger partial charge in [0, 0.05) is 23.8 Å². The summed E-state index contributed by atoms with van der Waals surface area (Å²) in [6.45, 7) is 1.91. The van der Waals surface area contributed by atoms with Crippen LogP contribution in [-0.2, 0) is 13.1 Å². The topological polar surface area (TPSA) is 84.1 Å². The molecule has 2 aromatic heterocycles. The Hall–Kier alpha value is -1.96. The SMILES string of the molecule is O=C(O)c1cc(Br)cnc1N1CCn2cnnc2C1. The van der Waals surface area contributed by atoms with E-state index in [0.717, 1.165) is 12.4 Å². The first-order valence-corrected chi connectivity index (χ1v) is 6.45. The van der Waals surface area contributed by atoms with Crippen LogP contribution in [-0.4, -0.2) is 37.4 Å². The van der Waals surface area contributed by atoms with E-state index in [2.05, 4.69) is 31.1 Å². The van der Waals surface area contributed by atoms with Gasteiger partial charge in [-0.1, -0.05) is 0 Å². The molecule has 0 aromatic carbocycles. The summed E-state index contributed by atoms with van der Waals surface area (Å²) in [6, 6.07) is 1.56. The van der Waals surface area contributed by atoms with Crippen LogP contribution >= 0.6 is 15.9 Å². The van der Waals surface area contributed by atoms with Crippen LogP contribution in [0, 0.1) is 0 Å². The fourth-order valence-electron chi connectivity index (χ4n) is 2.09. The van der Waals surface area contributed by atoms with Gasteiger partial charge in [-0.15, -0.1) is 10.2 Å². The van der Waals surface area contributed by atoms with Crippen molar-refractivity contribution >= 4 is 27.7 Å². The molecule has 0 aliphatic carbocycles. The summed E-state index contributed by atoms with van der Waals surface area (Å²) in [5.74, 6) is 0.285. The summed E-state index contributed by atoms with van der Waals surface area (Å²) in [4.78, 5) is 17.4. The van der Waals surface area contributed by atoms with E-state index < -0.39 is 5.97 Å². The van der Waals surface area contributed by atoms with Crippen molar-refractivity contribution in [3.8, 4) is 0 Å². The number of carboxylic acid groups (broad SMARTS) is 1. The fourth-order valence-corrected chi connectivity index (χ4v) is 2.42. The number of carboxylic acids is 1. The van der Waals surface area contributed by atoms with E-state index in [1.807, 2.05) is 9.47 Å². The van der Waals surface area contributed by atoms with E-state index in [-0.39, 0.29) is 5.56 Å². The largest absolute Gasteiger partial charge is 0.478 e. The number of hydrogen-bond acceptors (Lipinski definition) is 5. The normalized spacial score (nSPS) is 14.3. The molecule has 0 fully saturated rings. The minimum Gasteiger partial charge on any atom is -0.478 e. The highest BCUT2D eigenvalue weighted by Crippen LogP contribution is 2.24. The van der Waals surface area contributed by atoms with Gasteiger partial charge in [0.05, 0.1) is 6.54 Å². The summed E-state index contributed by atoms with van der Waals surface area (Å²) in [7, 11) is 0. The zero-order chi connectivity index (χ0) is 13.4. The Morgan fingerprint density at radius 2 is 2.26 bits per heavy atom. The van der Waals surface area contributed by atoms with Crippen molar-refractivity contribution in [3.05, 3.63) is 34.5 Å². The molecule has 0 saturated carbocycles. The third-order valence-electron chi connectivity index (χ3n) is 3.00. The number of aromatic nitrogens is 4. The number of pyridine rings is 1. The van der Waals surface area contributed by atoms with Crippen LogP contribution in [0.15, 0.2) is 23.1 Å². The number of fused-ring (bicyclic) bond motifs is 1. The van der Waals surface area contributed by atoms with Gasteiger partial charge in [-0.2, -0.15) is 0 Å². The molecular formula is C11H10BrN5O2. The molecule has 0 bridgehead atoms. The minimum absolute atomic E-state index is 0.183. The molecule has 3 heterocycles. The Morgan fingerprint density at radius 1 is 1.42 bits per heavy atom. The molecule has 3 rings (SSSR count). The maximum absolute atomic E-state index is 11.3. The summed E-state index contributed by atoms with van der Waals surface area (Å²) < 4.78 is 2.60. The summed E-state index contributed by atoms with van der Waals surface area (Å²) in [5, 5.41) is 17.1. The van der Waals surface area contributed by atoms with Gasteiger partial charge in [-0.05, 0) is 22.0 Å². The third kappa shape index (κ3) is 2.19. The standard InChI is InChI=1S/C11H10BrN5O2/c12-7-3-8(11(18)19)10(13-4-7)16-1-2-17-6-14-15-9(17)5-16/h3-4,6H,1-2,5H2,(H,18,19). The lowest BCUT2D eigenvalue weighted by Crippen LogP contribution is -2.35. The van der Waals surface area contributed by atoms with Gasteiger partial charge >= 0.3 is 5.97 Å². The van der Waals surface area contributed by atoms with Gasteiger partial charge in [0.25, 0.3) is 0 Å². The zero-order valence-electron chi connectivity index (χ0n) is 9.82. The van der Waals surface area contributed by atoms with E-state index in [0.29, 0.717) is 23.4 Å². The monoisotopic (exact) mass is 323 g/mol. The molecule has 1 aliphatic rings. The second-order valence-electron chi connectivity index (χ2n) is 4.19. The van der Waals surface area contributed by atoms with Crippen molar-refractivity contribution in [2.24, 2.45) is 0 Å². The average Bonchev–Trinajstić information content (AvgIpc) is 2.85. The molecule has 1 aliphatic heterocycles. The zero-order valence-corrected chi connectivity index (χ0v) is 11.4. The van der Waals surface area contributed by atoms with Gasteiger partial charge < -0.3 is 14.6 Å². The highest BCUT2D eigenvalue weighted by Gasteiger charge is 2.23. The minimum atomic E-state index is -0.990. The number of aromatic carboxylic acids is 1. The molecule has 98 valence electrons. The van der Waals surface area contributed by atoms with Crippen molar-refractivity contribution in [3.63, 3.8) is 0 Å². The van der Waals surface area contributed by atoms with E-state index >= 15 is 0 Å². The highest BCUT2D eigenvalue weighted by atomic mass is 79.9. The lowest BCUT2D eigenvalue weighted by Gasteiger charge is -2.28. The van der Waals surface area contributed by atoms with E-state index in [9.17, 15) is 9.90 Å². The predicted octanol–water partition coefficient (Wildman–Crippen LogP) is 1.15. The van der Waals surface area contributed by atoms with Crippen LogP contribution in [0.2, 0.25) is 0 Å². The van der Waals surface area contributed by atoms with Crippen molar-refractivity contribution < 1.29 is 9.90 Å². The maximum atomic E-state index is 11.3. The summed E-state index contributed by atoms with van der Waals surface area (Å²) in [6.07, 6.45) is 3.28. The third-order valence-corrected chi connectivity index (χ3v) is 3.44. The Bertz CT molecular complexity index is 642. The molecular weight excluding hydrogens is 314 g/mol. The van der Waals surface area contributed by atoms with Gasteiger partial charge in [0.1, 0.15) is 17.7 Å².